The number of benzene rings is 1. The summed E-state index contributed by atoms with van der Waals surface area (Å²) in [5.41, 5.74) is 0.442. The molecule has 0 aliphatic carbocycles. The third-order valence-electron chi connectivity index (χ3n) is 3.67. The molecule has 0 saturated carbocycles. The maximum absolute atomic E-state index is 12.7. The molecule has 0 unspecified atom stereocenters. The van der Waals surface area contributed by atoms with Crippen LogP contribution < -0.4 is 10.9 Å². The van der Waals surface area contributed by atoms with Crippen LogP contribution in [0.2, 0.25) is 0 Å². The number of allylic oxidation sites excluding steroid dienone is 1. The predicted molar refractivity (Wildman–Crippen MR) is 101 cm³/mol. The summed E-state index contributed by atoms with van der Waals surface area (Å²) < 4.78 is 6.46. The minimum atomic E-state index is -0.490. The molecule has 1 N–H and O–H groups in total. The van der Waals surface area contributed by atoms with Gasteiger partial charge in [-0.15, -0.1) is 6.58 Å². The fourth-order valence-corrected chi connectivity index (χ4v) is 3.31. The zero-order chi connectivity index (χ0) is 18.7. The summed E-state index contributed by atoms with van der Waals surface area (Å²) in [6.45, 7) is 7.50. The van der Waals surface area contributed by atoms with Crippen LogP contribution in [-0.2, 0) is 11.3 Å². The van der Waals surface area contributed by atoms with Crippen LogP contribution >= 0.6 is 11.8 Å². The molecular formula is C18H18N4O3S. The largest absolute Gasteiger partial charge is 0.360 e. The monoisotopic (exact) mass is 370 g/mol. The molecule has 7 nitrogen and oxygen atoms in total. The second-order valence-electron chi connectivity index (χ2n) is 5.69. The number of aromatic nitrogens is 3. The molecule has 0 radical (unpaired) electrons. The number of anilines is 1. The molecular weight excluding hydrogens is 352 g/mol. The maximum Gasteiger partial charge on any atom is 0.262 e. The van der Waals surface area contributed by atoms with E-state index in [1.54, 1.807) is 44.2 Å². The Morgan fingerprint density at radius 3 is 2.92 bits per heavy atom. The van der Waals surface area contributed by atoms with Gasteiger partial charge in [-0.1, -0.05) is 35.1 Å². The summed E-state index contributed by atoms with van der Waals surface area (Å²) in [5.74, 6) is 0.711. The summed E-state index contributed by atoms with van der Waals surface area (Å²) in [5, 5.41) is 6.94. The molecule has 0 spiro atoms. The predicted octanol–water partition coefficient (Wildman–Crippen LogP) is 3.00. The molecule has 1 amide bonds. The lowest BCUT2D eigenvalue weighted by molar-refractivity contribution is -0.115. The molecule has 0 saturated heterocycles. The number of hydrogen-bond donors (Lipinski definition) is 1. The van der Waals surface area contributed by atoms with Crippen molar-refractivity contribution in [2.75, 3.05) is 5.32 Å². The first-order valence-electron chi connectivity index (χ1n) is 8.01. The van der Waals surface area contributed by atoms with Gasteiger partial charge in [0.1, 0.15) is 5.76 Å². The van der Waals surface area contributed by atoms with Crippen molar-refractivity contribution in [1.82, 2.24) is 14.7 Å². The fourth-order valence-electron chi connectivity index (χ4n) is 2.39. The van der Waals surface area contributed by atoms with E-state index in [9.17, 15) is 9.59 Å². The number of thioether (sulfide) groups is 1. The van der Waals surface area contributed by atoms with E-state index >= 15 is 0 Å². The Hall–Kier alpha value is -2.87. The van der Waals surface area contributed by atoms with Crippen LogP contribution in [0.1, 0.15) is 12.7 Å². The molecule has 0 aliphatic rings. The Labute approximate surface area is 154 Å². The van der Waals surface area contributed by atoms with Gasteiger partial charge in [-0.2, -0.15) is 0 Å². The molecule has 8 heteroatoms. The highest BCUT2D eigenvalue weighted by atomic mass is 32.2. The van der Waals surface area contributed by atoms with Crippen LogP contribution in [0.3, 0.4) is 0 Å². The van der Waals surface area contributed by atoms with Crippen LogP contribution in [0.5, 0.6) is 0 Å². The van der Waals surface area contributed by atoms with Crippen LogP contribution in [0.25, 0.3) is 10.9 Å². The van der Waals surface area contributed by atoms with Gasteiger partial charge in [0.25, 0.3) is 5.56 Å². The Morgan fingerprint density at radius 1 is 1.46 bits per heavy atom. The molecule has 3 aromatic rings. The third kappa shape index (κ3) is 3.70. The van der Waals surface area contributed by atoms with Gasteiger partial charge in [0.2, 0.25) is 5.91 Å². The van der Waals surface area contributed by atoms with E-state index in [0.717, 1.165) is 0 Å². The fraction of sp³-hybridized carbons (Fsp3) is 0.222. The molecule has 1 atom stereocenters. The van der Waals surface area contributed by atoms with Gasteiger partial charge in [0, 0.05) is 12.6 Å². The highest BCUT2D eigenvalue weighted by Gasteiger charge is 2.20. The van der Waals surface area contributed by atoms with E-state index in [1.807, 2.05) is 6.07 Å². The van der Waals surface area contributed by atoms with Crippen molar-refractivity contribution in [3.63, 3.8) is 0 Å². The van der Waals surface area contributed by atoms with E-state index < -0.39 is 5.25 Å². The Bertz CT molecular complexity index is 1020. The minimum absolute atomic E-state index is 0.155. The zero-order valence-electron chi connectivity index (χ0n) is 14.4. The molecule has 2 heterocycles. The number of carbonyl (C=O) groups is 1. The first-order chi connectivity index (χ1) is 12.5. The van der Waals surface area contributed by atoms with E-state index in [0.29, 0.717) is 34.2 Å². The van der Waals surface area contributed by atoms with Crippen molar-refractivity contribution >= 4 is 34.4 Å². The van der Waals surface area contributed by atoms with E-state index in [2.05, 4.69) is 22.0 Å². The number of nitrogens with zero attached hydrogens (tertiary/aromatic N) is 3. The summed E-state index contributed by atoms with van der Waals surface area (Å²) in [6, 6.07) is 8.78. The molecule has 3 rings (SSSR count). The summed E-state index contributed by atoms with van der Waals surface area (Å²) in [6.07, 6.45) is 1.63. The minimum Gasteiger partial charge on any atom is -0.360 e. The normalized spacial score (nSPS) is 12.1. The molecule has 0 aliphatic heterocycles. The Balaban J connectivity index is 1.89. The van der Waals surface area contributed by atoms with Gasteiger partial charge in [0.15, 0.2) is 11.0 Å². The van der Waals surface area contributed by atoms with E-state index in [4.69, 9.17) is 4.52 Å². The van der Waals surface area contributed by atoms with Crippen molar-refractivity contribution in [3.05, 3.63) is 59.1 Å². The van der Waals surface area contributed by atoms with Crippen molar-refractivity contribution in [2.45, 2.75) is 30.8 Å². The molecule has 134 valence electrons. The molecule has 1 aromatic carbocycles. The second kappa shape index (κ2) is 7.57. The number of para-hydroxylation sites is 1. The van der Waals surface area contributed by atoms with Gasteiger partial charge in [-0.05, 0) is 26.0 Å². The second-order valence-corrected chi connectivity index (χ2v) is 7.00. The van der Waals surface area contributed by atoms with Crippen LogP contribution in [0.15, 0.2) is 57.5 Å². The van der Waals surface area contributed by atoms with Crippen molar-refractivity contribution in [3.8, 4) is 0 Å². The van der Waals surface area contributed by atoms with Crippen molar-refractivity contribution in [1.29, 1.82) is 0 Å². The number of amides is 1. The number of hydrogen-bond acceptors (Lipinski definition) is 6. The van der Waals surface area contributed by atoms with Crippen LogP contribution in [0, 0.1) is 6.92 Å². The lowest BCUT2D eigenvalue weighted by Gasteiger charge is -2.14. The molecule has 0 fully saturated rings. The van der Waals surface area contributed by atoms with Gasteiger partial charge in [0.05, 0.1) is 16.2 Å². The number of carbonyl (C=O) groups excluding carboxylic acids is 1. The number of fused-ring (bicyclic) bond motifs is 1. The average molecular weight is 370 g/mol. The van der Waals surface area contributed by atoms with E-state index in [1.165, 1.54) is 16.3 Å². The molecule has 2 aromatic heterocycles. The Morgan fingerprint density at radius 2 is 2.23 bits per heavy atom. The lowest BCUT2D eigenvalue weighted by Crippen LogP contribution is -2.26. The van der Waals surface area contributed by atoms with Crippen LogP contribution in [0.4, 0.5) is 5.82 Å². The number of aryl methyl sites for hydroxylation is 1. The SMILES string of the molecule is C=CCn1c(S[C@H](C)C(=O)Nc2cc(C)on2)nc2ccccc2c1=O. The first-order valence-corrected chi connectivity index (χ1v) is 8.89. The van der Waals surface area contributed by atoms with Crippen molar-refractivity contribution in [2.24, 2.45) is 0 Å². The highest BCUT2D eigenvalue weighted by Crippen LogP contribution is 2.23. The lowest BCUT2D eigenvalue weighted by atomic mass is 10.2. The van der Waals surface area contributed by atoms with Gasteiger partial charge in [-0.25, -0.2) is 4.98 Å². The van der Waals surface area contributed by atoms with Gasteiger partial charge < -0.3 is 9.84 Å². The molecule has 0 bridgehead atoms. The standard InChI is InChI=1S/C18H18N4O3S/c1-4-9-22-17(24)13-7-5-6-8-14(13)19-18(22)26-12(3)16(23)20-15-10-11(2)25-21-15/h4-8,10,12H,1,9H2,2-3H3,(H,20,21,23)/t12-/m1/s1. The Kier molecular flexibility index (Phi) is 5.22. The van der Waals surface area contributed by atoms with Crippen LogP contribution in [-0.4, -0.2) is 25.9 Å². The number of nitrogens with one attached hydrogen (secondary N) is 1. The van der Waals surface area contributed by atoms with E-state index in [-0.39, 0.29) is 11.5 Å². The van der Waals surface area contributed by atoms with Crippen molar-refractivity contribution < 1.29 is 9.32 Å². The van der Waals surface area contributed by atoms with Gasteiger partial charge in [-0.3, -0.25) is 14.2 Å². The third-order valence-corrected chi connectivity index (χ3v) is 4.76. The molecule has 26 heavy (non-hydrogen) atoms. The maximum atomic E-state index is 12.7. The first kappa shape index (κ1) is 17.9. The highest BCUT2D eigenvalue weighted by molar-refractivity contribution is 8.00. The van der Waals surface area contributed by atoms with Gasteiger partial charge >= 0.3 is 0 Å². The number of rotatable bonds is 6. The summed E-state index contributed by atoms with van der Waals surface area (Å²) >= 11 is 1.21. The summed E-state index contributed by atoms with van der Waals surface area (Å²) in [4.78, 5) is 29.7. The average Bonchev–Trinajstić information content (AvgIpc) is 3.03. The smallest absolute Gasteiger partial charge is 0.262 e. The summed E-state index contributed by atoms with van der Waals surface area (Å²) in [7, 11) is 0. The zero-order valence-corrected chi connectivity index (χ0v) is 15.2. The topological polar surface area (TPSA) is 90.0 Å². The quantitative estimate of drug-likeness (QED) is 0.407.